The van der Waals surface area contributed by atoms with Gasteiger partial charge in [-0.25, -0.2) is 0 Å². The highest BCUT2D eigenvalue weighted by Gasteiger charge is 2.15. The van der Waals surface area contributed by atoms with Crippen molar-refractivity contribution >= 4 is 11.8 Å². The Morgan fingerprint density at radius 3 is 2.50 bits per heavy atom. The summed E-state index contributed by atoms with van der Waals surface area (Å²) in [5, 5.41) is 2.87. The van der Waals surface area contributed by atoms with Crippen LogP contribution in [0.4, 0.5) is 0 Å². The van der Waals surface area contributed by atoms with Gasteiger partial charge >= 0.3 is 0 Å². The average molecular weight is 285 g/mol. The fraction of sp³-hybridized carbons (Fsp3) is 0.857. The zero-order valence-corrected chi connectivity index (χ0v) is 12.9. The smallest absolute Gasteiger partial charge is 0.239 e. The van der Waals surface area contributed by atoms with E-state index < -0.39 is 0 Å². The highest BCUT2D eigenvalue weighted by Crippen LogP contribution is 1.99. The second-order valence-electron chi connectivity index (χ2n) is 5.60. The number of ether oxygens (including phenoxy) is 1. The van der Waals surface area contributed by atoms with Crippen LogP contribution in [0.15, 0.2) is 0 Å². The third-order valence-corrected chi connectivity index (χ3v) is 3.22. The van der Waals surface area contributed by atoms with Crippen molar-refractivity contribution in [2.75, 3.05) is 52.5 Å². The van der Waals surface area contributed by atoms with Crippen molar-refractivity contribution in [2.45, 2.75) is 20.8 Å². The molecule has 0 aromatic heterocycles. The minimum atomic E-state index is -0.0888. The van der Waals surface area contributed by atoms with Gasteiger partial charge in [0, 0.05) is 39.6 Å². The summed E-state index contributed by atoms with van der Waals surface area (Å²) in [7, 11) is 0. The van der Waals surface area contributed by atoms with E-state index in [4.69, 9.17) is 4.74 Å². The molecule has 0 bridgehead atoms. The monoisotopic (exact) mass is 285 g/mol. The zero-order valence-electron chi connectivity index (χ0n) is 12.9. The lowest BCUT2D eigenvalue weighted by Crippen LogP contribution is -2.45. The number of carbonyl (C=O) groups excluding carboxylic acids is 2. The molecule has 0 aromatic rings. The molecule has 2 amide bonds. The van der Waals surface area contributed by atoms with E-state index in [0.29, 0.717) is 19.0 Å². The second kappa shape index (κ2) is 8.92. The molecular weight excluding hydrogens is 258 g/mol. The first-order valence-electron chi connectivity index (χ1n) is 7.31. The van der Waals surface area contributed by atoms with Crippen molar-refractivity contribution in [1.82, 2.24) is 15.1 Å². The highest BCUT2D eigenvalue weighted by molar-refractivity contribution is 5.83. The Bertz CT molecular complexity index is 315. The summed E-state index contributed by atoms with van der Waals surface area (Å²) in [6.07, 6.45) is 0. The van der Waals surface area contributed by atoms with Crippen molar-refractivity contribution in [3.8, 4) is 0 Å². The highest BCUT2D eigenvalue weighted by atomic mass is 16.5. The maximum atomic E-state index is 11.8. The number of morpholine rings is 1. The Morgan fingerprint density at radius 1 is 1.30 bits per heavy atom. The van der Waals surface area contributed by atoms with E-state index in [0.717, 1.165) is 32.8 Å². The van der Waals surface area contributed by atoms with Crippen LogP contribution in [0.1, 0.15) is 20.8 Å². The van der Waals surface area contributed by atoms with Gasteiger partial charge in [0.15, 0.2) is 0 Å². The van der Waals surface area contributed by atoms with Gasteiger partial charge in [-0.05, 0) is 5.92 Å². The van der Waals surface area contributed by atoms with E-state index in [2.05, 4.69) is 10.2 Å². The summed E-state index contributed by atoms with van der Waals surface area (Å²) in [5.41, 5.74) is 0. The molecule has 116 valence electrons. The molecule has 1 saturated heterocycles. The fourth-order valence-corrected chi connectivity index (χ4v) is 2.15. The quantitative estimate of drug-likeness (QED) is 0.712. The lowest BCUT2D eigenvalue weighted by molar-refractivity contribution is -0.134. The Labute approximate surface area is 121 Å². The minimum absolute atomic E-state index is 0.0537. The van der Waals surface area contributed by atoms with Crippen LogP contribution in [0, 0.1) is 5.92 Å². The SMILES string of the molecule is CC(=O)N(CC(=O)NCCN1CCOCC1)CC(C)C. The number of hydrogen-bond acceptors (Lipinski definition) is 4. The molecule has 0 saturated carbocycles. The molecule has 1 N–H and O–H groups in total. The van der Waals surface area contributed by atoms with E-state index in [1.54, 1.807) is 4.90 Å². The molecular formula is C14H27N3O3. The van der Waals surface area contributed by atoms with Crippen molar-refractivity contribution in [3.63, 3.8) is 0 Å². The summed E-state index contributed by atoms with van der Waals surface area (Å²) >= 11 is 0. The second-order valence-corrected chi connectivity index (χ2v) is 5.60. The van der Waals surface area contributed by atoms with Crippen LogP contribution in [-0.4, -0.2) is 74.1 Å². The molecule has 1 aliphatic rings. The van der Waals surface area contributed by atoms with Crippen molar-refractivity contribution in [2.24, 2.45) is 5.92 Å². The first kappa shape index (κ1) is 16.9. The predicted octanol–water partition coefficient (Wildman–Crippen LogP) is -0.0607. The normalized spacial score (nSPS) is 16.2. The van der Waals surface area contributed by atoms with Crippen LogP contribution in [-0.2, 0) is 14.3 Å². The van der Waals surface area contributed by atoms with Crippen molar-refractivity contribution in [1.29, 1.82) is 0 Å². The van der Waals surface area contributed by atoms with Gasteiger partial charge in [0.2, 0.25) is 11.8 Å². The Morgan fingerprint density at radius 2 is 1.95 bits per heavy atom. The molecule has 0 radical (unpaired) electrons. The Kier molecular flexibility index (Phi) is 7.54. The average Bonchev–Trinajstić information content (AvgIpc) is 2.38. The number of rotatable bonds is 7. The van der Waals surface area contributed by atoms with Crippen LogP contribution >= 0.6 is 0 Å². The third-order valence-electron chi connectivity index (χ3n) is 3.22. The summed E-state index contributed by atoms with van der Waals surface area (Å²) < 4.78 is 5.27. The van der Waals surface area contributed by atoms with E-state index >= 15 is 0 Å². The number of nitrogens with one attached hydrogen (secondary N) is 1. The minimum Gasteiger partial charge on any atom is -0.379 e. The number of amides is 2. The van der Waals surface area contributed by atoms with Crippen LogP contribution in [0.3, 0.4) is 0 Å². The van der Waals surface area contributed by atoms with Gasteiger partial charge < -0.3 is 15.0 Å². The van der Waals surface area contributed by atoms with Gasteiger partial charge in [-0.2, -0.15) is 0 Å². The van der Waals surface area contributed by atoms with Crippen molar-refractivity contribution < 1.29 is 14.3 Å². The van der Waals surface area contributed by atoms with E-state index in [1.165, 1.54) is 6.92 Å². The largest absolute Gasteiger partial charge is 0.379 e. The topological polar surface area (TPSA) is 61.9 Å². The van der Waals surface area contributed by atoms with Crippen LogP contribution in [0.2, 0.25) is 0 Å². The number of nitrogens with zero attached hydrogens (tertiary/aromatic N) is 2. The Hall–Kier alpha value is -1.14. The number of hydrogen-bond donors (Lipinski definition) is 1. The molecule has 1 rings (SSSR count). The molecule has 20 heavy (non-hydrogen) atoms. The fourth-order valence-electron chi connectivity index (χ4n) is 2.15. The summed E-state index contributed by atoms with van der Waals surface area (Å²) in [5.74, 6) is 0.219. The maximum absolute atomic E-state index is 11.8. The predicted molar refractivity (Wildman–Crippen MR) is 77.4 cm³/mol. The standard InChI is InChI=1S/C14H27N3O3/c1-12(2)10-17(13(3)18)11-14(19)15-4-5-16-6-8-20-9-7-16/h12H,4-11H2,1-3H3,(H,15,19). The molecule has 0 aromatic carbocycles. The van der Waals surface area contributed by atoms with Gasteiger partial charge in [-0.3, -0.25) is 14.5 Å². The summed E-state index contributed by atoms with van der Waals surface area (Å²) in [4.78, 5) is 27.1. The van der Waals surface area contributed by atoms with Crippen LogP contribution in [0.5, 0.6) is 0 Å². The van der Waals surface area contributed by atoms with Crippen LogP contribution < -0.4 is 5.32 Å². The number of carbonyl (C=O) groups is 2. The molecule has 6 nitrogen and oxygen atoms in total. The van der Waals surface area contributed by atoms with E-state index in [1.807, 2.05) is 13.8 Å². The first-order chi connectivity index (χ1) is 9.49. The molecule has 1 heterocycles. The first-order valence-corrected chi connectivity index (χ1v) is 7.31. The molecule has 0 unspecified atom stereocenters. The van der Waals surface area contributed by atoms with Gasteiger partial charge in [-0.15, -0.1) is 0 Å². The van der Waals surface area contributed by atoms with Gasteiger partial charge in [-0.1, -0.05) is 13.8 Å². The molecule has 1 fully saturated rings. The van der Waals surface area contributed by atoms with Crippen molar-refractivity contribution in [3.05, 3.63) is 0 Å². The Balaban J connectivity index is 2.21. The summed E-state index contributed by atoms with van der Waals surface area (Å²) in [6.45, 7) is 11.2. The van der Waals surface area contributed by atoms with Crippen LogP contribution in [0.25, 0.3) is 0 Å². The maximum Gasteiger partial charge on any atom is 0.239 e. The van der Waals surface area contributed by atoms with Gasteiger partial charge in [0.05, 0.1) is 19.8 Å². The molecule has 1 aliphatic heterocycles. The molecule has 0 spiro atoms. The lowest BCUT2D eigenvalue weighted by atomic mass is 10.2. The van der Waals surface area contributed by atoms with E-state index in [-0.39, 0.29) is 18.4 Å². The summed E-state index contributed by atoms with van der Waals surface area (Å²) in [6, 6.07) is 0. The zero-order chi connectivity index (χ0) is 15.0. The van der Waals surface area contributed by atoms with Gasteiger partial charge in [0.25, 0.3) is 0 Å². The van der Waals surface area contributed by atoms with E-state index in [9.17, 15) is 9.59 Å². The third kappa shape index (κ3) is 6.86. The molecule has 0 atom stereocenters. The lowest BCUT2D eigenvalue weighted by Gasteiger charge is -2.27. The van der Waals surface area contributed by atoms with Gasteiger partial charge in [0.1, 0.15) is 0 Å². The molecule has 6 heteroatoms. The molecule has 0 aliphatic carbocycles.